The molecule has 2 aromatic rings. The molecule has 19 heavy (non-hydrogen) atoms. The van der Waals surface area contributed by atoms with Crippen molar-refractivity contribution in [1.82, 2.24) is 4.98 Å². The van der Waals surface area contributed by atoms with Crippen molar-refractivity contribution in [2.75, 3.05) is 11.1 Å². The topological polar surface area (TPSA) is 50.9 Å². The van der Waals surface area contributed by atoms with E-state index in [1.165, 1.54) is 0 Å². The predicted octanol–water partition coefficient (Wildman–Crippen LogP) is 4.08. The van der Waals surface area contributed by atoms with E-state index in [0.29, 0.717) is 10.7 Å². The number of alkyl halides is 3. The number of nitrogen functional groups attached to an aromatic ring is 1. The largest absolute Gasteiger partial charge is 0.417 e. The van der Waals surface area contributed by atoms with Gasteiger partial charge >= 0.3 is 6.18 Å². The number of pyridine rings is 1. The summed E-state index contributed by atoms with van der Waals surface area (Å²) in [5, 5.41) is 3.37. The van der Waals surface area contributed by atoms with Crippen LogP contribution in [-0.2, 0) is 6.18 Å². The molecule has 0 aliphatic carbocycles. The zero-order valence-electron chi connectivity index (χ0n) is 9.50. The quantitative estimate of drug-likeness (QED) is 0.875. The molecule has 3 nitrogen and oxygen atoms in total. The molecule has 0 unspecified atom stereocenters. The highest BCUT2D eigenvalue weighted by Crippen LogP contribution is 2.32. The molecule has 2 rings (SSSR count). The minimum absolute atomic E-state index is 0.0789. The van der Waals surface area contributed by atoms with Crippen molar-refractivity contribution in [1.29, 1.82) is 0 Å². The normalized spacial score (nSPS) is 11.4. The van der Waals surface area contributed by atoms with Gasteiger partial charge in [-0.15, -0.1) is 0 Å². The molecule has 0 saturated heterocycles. The van der Waals surface area contributed by atoms with Gasteiger partial charge < -0.3 is 11.1 Å². The second kappa shape index (κ2) is 4.97. The number of rotatable bonds is 2. The van der Waals surface area contributed by atoms with Gasteiger partial charge in [-0.25, -0.2) is 4.98 Å². The highest BCUT2D eigenvalue weighted by atomic mass is 35.5. The summed E-state index contributed by atoms with van der Waals surface area (Å²) in [6.45, 7) is 0. The smallest absolute Gasteiger partial charge is 0.396 e. The van der Waals surface area contributed by atoms with Crippen molar-refractivity contribution >= 4 is 28.8 Å². The maximum atomic E-state index is 12.4. The number of benzene rings is 1. The van der Waals surface area contributed by atoms with Crippen LogP contribution in [0.4, 0.5) is 30.4 Å². The molecule has 0 atom stereocenters. The summed E-state index contributed by atoms with van der Waals surface area (Å²) in [6, 6.07) is 7.46. The van der Waals surface area contributed by atoms with Gasteiger partial charge in [-0.1, -0.05) is 11.6 Å². The Morgan fingerprint density at radius 1 is 1.16 bits per heavy atom. The Hall–Kier alpha value is -1.95. The van der Waals surface area contributed by atoms with Crippen LogP contribution >= 0.6 is 11.6 Å². The van der Waals surface area contributed by atoms with Gasteiger partial charge in [0.2, 0.25) is 0 Å². The third kappa shape index (κ3) is 3.29. The summed E-state index contributed by atoms with van der Waals surface area (Å²) in [6.07, 6.45) is -3.73. The molecule has 7 heteroatoms. The van der Waals surface area contributed by atoms with Crippen LogP contribution in [0.3, 0.4) is 0 Å². The minimum atomic E-state index is -4.46. The Balaban J connectivity index is 2.24. The van der Waals surface area contributed by atoms with Crippen molar-refractivity contribution < 1.29 is 13.2 Å². The molecule has 0 bridgehead atoms. The second-order valence-corrected chi connectivity index (χ2v) is 4.23. The predicted molar refractivity (Wildman–Crippen MR) is 68.4 cm³/mol. The molecule has 1 heterocycles. The Labute approximate surface area is 112 Å². The fraction of sp³-hybridized carbons (Fsp3) is 0.0833. The monoisotopic (exact) mass is 287 g/mol. The van der Waals surface area contributed by atoms with Gasteiger partial charge in [0, 0.05) is 16.9 Å². The number of nitrogens with zero attached hydrogens (tertiary/aromatic N) is 1. The molecular formula is C12H9ClF3N3. The van der Waals surface area contributed by atoms with E-state index in [2.05, 4.69) is 10.3 Å². The van der Waals surface area contributed by atoms with Crippen molar-refractivity contribution in [3.63, 3.8) is 0 Å². The molecular weight excluding hydrogens is 279 g/mol. The molecule has 0 aliphatic heterocycles. The average molecular weight is 288 g/mol. The Morgan fingerprint density at radius 3 is 2.32 bits per heavy atom. The molecule has 0 radical (unpaired) electrons. The lowest BCUT2D eigenvalue weighted by Crippen LogP contribution is -2.08. The van der Waals surface area contributed by atoms with E-state index in [-0.39, 0.29) is 11.5 Å². The van der Waals surface area contributed by atoms with Crippen LogP contribution in [0.25, 0.3) is 0 Å². The van der Waals surface area contributed by atoms with Crippen molar-refractivity contribution in [3.05, 3.63) is 47.1 Å². The first-order chi connectivity index (χ1) is 8.86. The maximum Gasteiger partial charge on any atom is 0.417 e. The Bertz CT molecular complexity index is 582. The highest BCUT2D eigenvalue weighted by Gasteiger charge is 2.31. The number of nitrogens with one attached hydrogen (secondary N) is 1. The van der Waals surface area contributed by atoms with Gasteiger partial charge in [-0.2, -0.15) is 13.2 Å². The highest BCUT2D eigenvalue weighted by molar-refractivity contribution is 6.30. The molecule has 0 saturated carbocycles. The number of halogens is 4. The zero-order chi connectivity index (χ0) is 14.0. The summed E-state index contributed by atoms with van der Waals surface area (Å²) >= 11 is 5.72. The maximum absolute atomic E-state index is 12.4. The van der Waals surface area contributed by atoms with E-state index in [0.717, 1.165) is 12.3 Å². The van der Waals surface area contributed by atoms with Crippen LogP contribution in [0, 0.1) is 0 Å². The van der Waals surface area contributed by atoms with Gasteiger partial charge in [0.1, 0.15) is 0 Å². The number of nitrogens with two attached hydrogens (primary N) is 1. The van der Waals surface area contributed by atoms with E-state index >= 15 is 0 Å². The van der Waals surface area contributed by atoms with Crippen molar-refractivity contribution in [3.8, 4) is 0 Å². The third-order valence-electron chi connectivity index (χ3n) is 2.35. The molecule has 1 aromatic heterocycles. The lowest BCUT2D eigenvalue weighted by Gasteiger charge is -2.11. The molecule has 0 spiro atoms. The Morgan fingerprint density at radius 2 is 1.79 bits per heavy atom. The van der Waals surface area contributed by atoms with Crippen LogP contribution in [0.1, 0.15) is 5.56 Å². The SMILES string of the molecule is Nc1cc(C(F)(F)F)cnc1Nc1ccc(Cl)cc1. The summed E-state index contributed by atoms with van der Waals surface area (Å²) < 4.78 is 37.3. The average Bonchev–Trinajstić information content (AvgIpc) is 2.33. The van der Waals surface area contributed by atoms with Crippen molar-refractivity contribution in [2.45, 2.75) is 6.18 Å². The second-order valence-electron chi connectivity index (χ2n) is 3.79. The van der Waals surface area contributed by atoms with Gasteiger partial charge in [0.15, 0.2) is 5.82 Å². The first kappa shape index (κ1) is 13.5. The van der Waals surface area contributed by atoms with Gasteiger partial charge in [0.05, 0.1) is 11.3 Å². The number of hydrogen-bond donors (Lipinski definition) is 2. The fourth-order valence-corrected chi connectivity index (χ4v) is 1.54. The first-order valence-corrected chi connectivity index (χ1v) is 5.59. The molecule has 1 aromatic carbocycles. The number of aromatic nitrogens is 1. The summed E-state index contributed by atoms with van der Waals surface area (Å²) in [7, 11) is 0. The van der Waals surface area contributed by atoms with Crippen LogP contribution in [0.15, 0.2) is 36.5 Å². The number of hydrogen-bond acceptors (Lipinski definition) is 3. The first-order valence-electron chi connectivity index (χ1n) is 5.21. The van der Waals surface area contributed by atoms with Crippen LogP contribution in [-0.4, -0.2) is 4.98 Å². The molecule has 3 N–H and O–H groups in total. The lowest BCUT2D eigenvalue weighted by atomic mass is 10.2. The van der Waals surface area contributed by atoms with Crippen LogP contribution < -0.4 is 11.1 Å². The summed E-state index contributed by atoms with van der Waals surface area (Å²) in [5.41, 5.74) is 5.21. The molecule has 0 fully saturated rings. The molecule has 100 valence electrons. The van der Waals surface area contributed by atoms with E-state index in [4.69, 9.17) is 17.3 Å². The van der Waals surface area contributed by atoms with Crippen molar-refractivity contribution in [2.24, 2.45) is 0 Å². The zero-order valence-corrected chi connectivity index (χ0v) is 10.3. The van der Waals surface area contributed by atoms with Crippen LogP contribution in [0.2, 0.25) is 5.02 Å². The minimum Gasteiger partial charge on any atom is -0.396 e. The van der Waals surface area contributed by atoms with E-state index in [9.17, 15) is 13.2 Å². The van der Waals surface area contributed by atoms with E-state index < -0.39 is 11.7 Å². The van der Waals surface area contributed by atoms with E-state index in [1.807, 2.05) is 0 Å². The number of anilines is 3. The van der Waals surface area contributed by atoms with E-state index in [1.54, 1.807) is 24.3 Å². The summed E-state index contributed by atoms with van der Waals surface area (Å²) in [5.74, 6) is 0.162. The van der Waals surface area contributed by atoms with Gasteiger partial charge in [-0.05, 0) is 30.3 Å². The lowest BCUT2D eigenvalue weighted by molar-refractivity contribution is -0.137. The Kier molecular flexibility index (Phi) is 3.53. The van der Waals surface area contributed by atoms with Gasteiger partial charge in [-0.3, -0.25) is 0 Å². The van der Waals surface area contributed by atoms with Gasteiger partial charge in [0.25, 0.3) is 0 Å². The van der Waals surface area contributed by atoms with Crippen LogP contribution in [0.5, 0.6) is 0 Å². The fourth-order valence-electron chi connectivity index (χ4n) is 1.41. The third-order valence-corrected chi connectivity index (χ3v) is 2.60. The standard InChI is InChI=1S/C12H9ClF3N3/c13-8-1-3-9(4-2-8)19-11-10(17)5-7(6-18-11)12(14,15)16/h1-6H,17H2,(H,18,19). The summed E-state index contributed by atoms with van der Waals surface area (Å²) in [4.78, 5) is 3.67. The molecule has 0 amide bonds. The molecule has 0 aliphatic rings.